The van der Waals surface area contributed by atoms with Crippen LogP contribution >= 0.6 is 11.5 Å². The molecular weight excluding hydrogens is 234 g/mol. The Hall–Kier alpha value is -1.19. The maximum atomic E-state index is 8.70. The van der Waals surface area contributed by atoms with Gasteiger partial charge in [-0.25, -0.2) is 4.98 Å². The van der Waals surface area contributed by atoms with Gasteiger partial charge in [0.15, 0.2) is 0 Å². The summed E-state index contributed by atoms with van der Waals surface area (Å²) >= 11 is 1.49. The van der Waals surface area contributed by atoms with E-state index in [1.165, 1.54) is 11.5 Å². The molecule has 17 heavy (non-hydrogen) atoms. The van der Waals surface area contributed by atoms with Crippen LogP contribution in [0.5, 0.6) is 0 Å². The number of anilines is 1. The first kappa shape index (κ1) is 12.3. The molecule has 0 atom stereocenters. The maximum absolute atomic E-state index is 8.70. The Bertz CT molecular complexity index is 397. The first-order chi connectivity index (χ1) is 8.33. The summed E-state index contributed by atoms with van der Waals surface area (Å²) in [6.07, 6.45) is 1.98. The Morgan fingerprint density at radius 2 is 2.24 bits per heavy atom. The van der Waals surface area contributed by atoms with Gasteiger partial charge in [0.25, 0.3) is 0 Å². The predicted molar refractivity (Wildman–Crippen MR) is 68.2 cm³/mol. The van der Waals surface area contributed by atoms with Gasteiger partial charge in [-0.15, -0.1) is 0 Å². The van der Waals surface area contributed by atoms with Crippen LogP contribution in [0.1, 0.15) is 19.2 Å². The highest BCUT2D eigenvalue weighted by Crippen LogP contribution is 2.19. The lowest BCUT2D eigenvalue weighted by Gasteiger charge is -2.19. The Balaban J connectivity index is 1.96. The van der Waals surface area contributed by atoms with Crippen LogP contribution in [-0.2, 0) is 6.42 Å². The summed E-state index contributed by atoms with van der Waals surface area (Å²) in [5, 5.41) is 9.73. The van der Waals surface area contributed by atoms with Gasteiger partial charge in [0.1, 0.15) is 5.82 Å². The van der Waals surface area contributed by atoms with E-state index in [2.05, 4.69) is 32.2 Å². The summed E-state index contributed by atoms with van der Waals surface area (Å²) in [6.45, 7) is 6.51. The minimum Gasteiger partial charge on any atom is -0.346 e. The van der Waals surface area contributed by atoms with E-state index in [-0.39, 0.29) is 0 Å². The predicted octanol–water partition coefficient (Wildman–Crippen LogP) is 1.14. The Labute approximate surface area is 106 Å². The van der Waals surface area contributed by atoms with Gasteiger partial charge in [-0.2, -0.15) is 9.64 Å². The third kappa shape index (κ3) is 3.14. The lowest BCUT2D eigenvalue weighted by atomic mass is 10.4. The topological polar surface area (TPSA) is 56.1 Å². The number of aromatic nitrogens is 2. The van der Waals surface area contributed by atoms with Crippen LogP contribution in [0.4, 0.5) is 5.13 Å². The maximum Gasteiger partial charge on any atom is 0.205 e. The smallest absolute Gasteiger partial charge is 0.205 e. The van der Waals surface area contributed by atoms with Gasteiger partial charge >= 0.3 is 0 Å². The van der Waals surface area contributed by atoms with Crippen LogP contribution in [0, 0.1) is 11.3 Å². The SMILES string of the molecule is CCc1nsc(N2CCCN(CC#N)CC2)n1. The van der Waals surface area contributed by atoms with Crippen LogP contribution in [0.3, 0.4) is 0 Å². The van der Waals surface area contributed by atoms with Crippen LogP contribution in [0.15, 0.2) is 0 Å². The van der Waals surface area contributed by atoms with Crippen molar-refractivity contribution in [1.82, 2.24) is 14.3 Å². The third-order valence-electron chi connectivity index (χ3n) is 2.93. The lowest BCUT2D eigenvalue weighted by Crippen LogP contribution is -2.30. The molecule has 2 heterocycles. The molecule has 2 rings (SSSR count). The van der Waals surface area contributed by atoms with Gasteiger partial charge in [-0.1, -0.05) is 6.92 Å². The first-order valence-corrected chi connectivity index (χ1v) is 6.77. The molecule has 0 aromatic carbocycles. The van der Waals surface area contributed by atoms with Gasteiger partial charge in [-0.3, -0.25) is 4.90 Å². The second kappa shape index (κ2) is 5.94. The summed E-state index contributed by atoms with van der Waals surface area (Å²) in [6, 6.07) is 2.22. The van der Waals surface area contributed by atoms with E-state index >= 15 is 0 Å². The highest BCUT2D eigenvalue weighted by atomic mass is 32.1. The van der Waals surface area contributed by atoms with Crippen molar-refractivity contribution in [2.75, 3.05) is 37.6 Å². The summed E-state index contributed by atoms with van der Waals surface area (Å²) in [5.74, 6) is 0.933. The second-order valence-corrected chi connectivity index (χ2v) is 4.85. The highest BCUT2D eigenvalue weighted by molar-refractivity contribution is 7.09. The number of nitriles is 1. The normalized spacial score (nSPS) is 17.8. The van der Waals surface area contributed by atoms with Crippen molar-refractivity contribution in [2.24, 2.45) is 0 Å². The van der Waals surface area contributed by atoms with Gasteiger partial charge in [0.05, 0.1) is 12.6 Å². The van der Waals surface area contributed by atoms with E-state index in [0.717, 1.165) is 50.0 Å². The van der Waals surface area contributed by atoms with E-state index < -0.39 is 0 Å². The molecule has 0 aliphatic carbocycles. The first-order valence-electron chi connectivity index (χ1n) is 6.00. The van der Waals surface area contributed by atoms with E-state index in [4.69, 9.17) is 5.26 Å². The number of aryl methyl sites for hydroxylation is 1. The molecule has 0 amide bonds. The summed E-state index contributed by atoms with van der Waals surface area (Å²) in [7, 11) is 0. The molecule has 0 unspecified atom stereocenters. The number of hydrogen-bond donors (Lipinski definition) is 0. The van der Waals surface area contributed by atoms with Gasteiger partial charge < -0.3 is 4.90 Å². The average Bonchev–Trinajstić information content (AvgIpc) is 2.70. The molecule has 1 saturated heterocycles. The van der Waals surface area contributed by atoms with Crippen molar-refractivity contribution >= 4 is 16.7 Å². The molecule has 0 bridgehead atoms. The lowest BCUT2D eigenvalue weighted by molar-refractivity contribution is 0.329. The van der Waals surface area contributed by atoms with Crippen LogP contribution in [-0.4, -0.2) is 47.0 Å². The number of rotatable bonds is 3. The summed E-state index contributed by atoms with van der Waals surface area (Å²) in [5.41, 5.74) is 0. The van der Waals surface area contributed by atoms with Crippen molar-refractivity contribution in [2.45, 2.75) is 19.8 Å². The largest absolute Gasteiger partial charge is 0.346 e. The Kier molecular flexibility index (Phi) is 4.29. The number of nitrogens with zero attached hydrogens (tertiary/aromatic N) is 5. The Morgan fingerprint density at radius 1 is 1.35 bits per heavy atom. The molecular formula is C11H17N5S. The standard InChI is InChI=1S/C11H17N5S/c1-2-10-13-11(17-14-10)16-6-3-5-15(7-4-12)8-9-16/h2-3,5-9H2,1H3. The molecule has 0 saturated carbocycles. The molecule has 1 aliphatic heterocycles. The summed E-state index contributed by atoms with van der Waals surface area (Å²) < 4.78 is 4.32. The monoisotopic (exact) mass is 251 g/mol. The fourth-order valence-corrected chi connectivity index (χ4v) is 2.74. The van der Waals surface area contributed by atoms with Gasteiger partial charge in [0.2, 0.25) is 5.13 Å². The zero-order chi connectivity index (χ0) is 12.1. The van der Waals surface area contributed by atoms with E-state index in [9.17, 15) is 0 Å². The minimum atomic E-state index is 0.532. The molecule has 1 fully saturated rings. The van der Waals surface area contributed by atoms with Crippen molar-refractivity contribution in [3.63, 3.8) is 0 Å². The summed E-state index contributed by atoms with van der Waals surface area (Å²) in [4.78, 5) is 9.00. The zero-order valence-electron chi connectivity index (χ0n) is 10.1. The van der Waals surface area contributed by atoms with Crippen molar-refractivity contribution in [3.8, 4) is 6.07 Å². The molecule has 1 aromatic heterocycles. The second-order valence-electron chi connectivity index (χ2n) is 4.12. The van der Waals surface area contributed by atoms with Crippen molar-refractivity contribution < 1.29 is 0 Å². The van der Waals surface area contributed by atoms with Crippen molar-refractivity contribution in [1.29, 1.82) is 5.26 Å². The Morgan fingerprint density at radius 3 is 2.94 bits per heavy atom. The fraction of sp³-hybridized carbons (Fsp3) is 0.727. The number of hydrogen-bond acceptors (Lipinski definition) is 6. The van der Waals surface area contributed by atoms with Gasteiger partial charge in [0, 0.05) is 44.1 Å². The van der Waals surface area contributed by atoms with E-state index in [1.807, 2.05) is 0 Å². The molecule has 0 spiro atoms. The molecule has 1 aromatic rings. The van der Waals surface area contributed by atoms with Crippen LogP contribution in [0.2, 0.25) is 0 Å². The van der Waals surface area contributed by atoms with E-state index in [1.54, 1.807) is 0 Å². The van der Waals surface area contributed by atoms with Crippen molar-refractivity contribution in [3.05, 3.63) is 5.82 Å². The molecule has 5 nitrogen and oxygen atoms in total. The quantitative estimate of drug-likeness (QED) is 0.754. The molecule has 92 valence electrons. The molecule has 0 N–H and O–H groups in total. The van der Waals surface area contributed by atoms with Crippen LogP contribution in [0.25, 0.3) is 0 Å². The molecule has 6 heteroatoms. The zero-order valence-corrected chi connectivity index (χ0v) is 10.9. The minimum absolute atomic E-state index is 0.532. The average molecular weight is 251 g/mol. The van der Waals surface area contributed by atoms with E-state index in [0.29, 0.717) is 6.54 Å². The third-order valence-corrected chi connectivity index (χ3v) is 3.74. The van der Waals surface area contributed by atoms with Crippen LogP contribution < -0.4 is 4.90 Å². The fourth-order valence-electron chi connectivity index (χ4n) is 1.94. The highest BCUT2D eigenvalue weighted by Gasteiger charge is 2.17. The van der Waals surface area contributed by atoms with Gasteiger partial charge in [-0.05, 0) is 6.42 Å². The molecule has 0 radical (unpaired) electrons. The molecule has 1 aliphatic rings.